The van der Waals surface area contributed by atoms with Crippen molar-refractivity contribution in [3.63, 3.8) is 0 Å². The van der Waals surface area contributed by atoms with Crippen LogP contribution < -0.4 is 11.3 Å². The topological polar surface area (TPSA) is 38.0 Å². The van der Waals surface area contributed by atoms with Gasteiger partial charge in [0.25, 0.3) is 0 Å². The first kappa shape index (κ1) is 11.4. The van der Waals surface area contributed by atoms with E-state index in [9.17, 15) is 0 Å². The minimum Gasteiger partial charge on any atom is -0.327 e. The van der Waals surface area contributed by atoms with Crippen LogP contribution in [0.3, 0.4) is 0 Å². The second-order valence-corrected chi connectivity index (χ2v) is 6.54. The molecular weight excluding hydrogens is 224 g/mol. The number of fused-ring (bicyclic) bond motifs is 2. The Morgan fingerprint density at radius 3 is 2.53 bits per heavy atom. The molecule has 0 amide bonds. The number of hydrazine groups is 1. The van der Waals surface area contributed by atoms with Crippen molar-refractivity contribution in [2.24, 2.45) is 22.6 Å². The van der Waals surface area contributed by atoms with Crippen LogP contribution >= 0.6 is 24.8 Å². The highest BCUT2D eigenvalue weighted by atomic mass is 32.1. The number of hydrogen-bond acceptors (Lipinski definition) is 3. The van der Waals surface area contributed by atoms with Crippen molar-refractivity contribution in [1.82, 2.24) is 5.43 Å². The molecule has 4 heteroatoms. The van der Waals surface area contributed by atoms with Gasteiger partial charge in [0, 0.05) is 16.7 Å². The lowest BCUT2D eigenvalue weighted by Gasteiger charge is -2.36. The van der Waals surface area contributed by atoms with Crippen molar-refractivity contribution in [1.29, 1.82) is 0 Å². The van der Waals surface area contributed by atoms with Crippen LogP contribution in [0, 0.1) is 16.7 Å². The van der Waals surface area contributed by atoms with Crippen LogP contribution in [0.1, 0.15) is 33.6 Å². The number of allylic oxidation sites excluding steroid dienone is 1. The van der Waals surface area contributed by atoms with Gasteiger partial charge >= 0.3 is 0 Å². The summed E-state index contributed by atoms with van der Waals surface area (Å²) in [6.07, 6.45) is 2.38. The molecule has 0 radical (unpaired) electrons. The van der Waals surface area contributed by atoms with Gasteiger partial charge in [0.2, 0.25) is 0 Å². The monoisotopic (exact) mass is 242 g/mol. The Hall–Kier alpha value is -0.0600. The predicted octanol–water partition coefficient (Wildman–Crippen LogP) is 2.42. The maximum atomic E-state index is 5.65. The van der Waals surface area contributed by atoms with Gasteiger partial charge in [-0.15, -0.1) is 12.6 Å². The van der Waals surface area contributed by atoms with Crippen molar-refractivity contribution < 1.29 is 0 Å². The molecule has 1 fully saturated rings. The van der Waals surface area contributed by atoms with Crippen molar-refractivity contribution in [3.8, 4) is 0 Å². The van der Waals surface area contributed by atoms with Crippen molar-refractivity contribution in [3.05, 3.63) is 11.3 Å². The van der Waals surface area contributed by atoms with E-state index in [0.29, 0.717) is 10.1 Å². The normalized spacial score (nSPS) is 37.3. The van der Waals surface area contributed by atoms with Crippen molar-refractivity contribution in [2.45, 2.75) is 33.6 Å². The predicted molar refractivity (Wildman–Crippen MR) is 70.5 cm³/mol. The fraction of sp³-hybridized carbons (Fsp3) is 0.727. The molecule has 15 heavy (non-hydrogen) atoms. The maximum Gasteiger partial charge on any atom is 0.0728 e. The van der Waals surface area contributed by atoms with Gasteiger partial charge in [0.1, 0.15) is 0 Å². The highest BCUT2D eigenvalue weighted by molar-refractivity contribution is 8.11. The third kappa shape index (κ3) is 1.19. The summed E-state index contributed by atoms with van der Waals surface area (Å²) in [7, 11) is 0. The fourth-order valence-electron chi connectivity index (χ4n) is 3.42. The number of nitrogens with two attached hydrogens (primary N) is 1. The Bertz CT molecular complexity index is 360. The van der Waals surface area contributed by atoms with Crippen LogP contribution in [-0.2, 0) is 0 Å². The quantitative estimate of drug-likeness (QED) is 0.301. The Morgan fingerprint density at radius 2 is 2.13 bits per heavy atom. The molecule has 1 saturated carbocycles. The minimum absolute atomic E-state index is 0.133. The molecular formula is C11H18N2S2. The molecule has 2 aliphatic rings. The Labute approximate surface area is 102 Å². The van der Waals surface area contributed by atoms with Gasteiger partial charge in [-0.1, -0.05) is 33.0 Å². The average Bonchev–Trinajstić information content (AvgIpc) is 2.46. The van der Waals surface area contributed by atoms with E-state index in [2.05, 4.69) is 38.8 Å². The Morgan fingerprint density at radius 1 is 1.53 bits per heavy atom. The highest BCUT2D eigenvalue weighted by Crippen LogP contribution is 2.67. The molecule has 0 spiro atoms. The molecule has 0 aromatic carbocycles. The summed E-state index contributed by atoms with van der Waals surface area (Å²) in [6.45, 7) is 6.89. The zero-order valence-corrected chi connectivity index (χ0v) is 11.1. The molecule has 2 atom stereocenters. The summed E-state index contributed by atoms with van der Waals surface area (Å²) in [6, 6.07) is 0. The first-order valence-corrected chi connectivity index (χ1v) is 6.16. The summed E-state index contributed by atoms with van der Waals surface area (Å²) >= 11 is 9.56. The van der Waals surface area contributed by atoms with Gasteiger partial charge in [-0.25, -0.2) is 0 Å². The molecule has 2 nitrogen and oxygen atoms in total. The lowest BCUT2D eigenvalue weighted by molar-refractivity contribution is 0.164. The van der Waals surface area contributed by atoms with Crippen molar-refractivity contribution >= 4 is 29.0 Å². The van der Waals surface area contributed by atoms with E-state index in [1.807, 2.05) is 0 Å². The number of hydrogen-bond donors (Lipinski definition) is 3. The lowest BCUT2D eigenvalue weighted by Crippen LogP contribution is -2.37. The standard InChI is InChI=1S/C11H18N2S2/c1-10(2)6-4-5-11(10,3)8(13-12)7(6)9(14)15/h6,13H,4-5,12H2,1-3H3,(H,14,15). The summed E-state index contributed by atoms with van der Waals surface area (Å²) < 4.78 is 0.699. The van der Waals surface area contributed by atoms with Gasteiger partial charge < -0.3 is 5.43 Å². The van der Waals surface area contributed by atoms with Gasteiger partial charge in [-0.3, -0.25) is 5.84 Å². The Kier molecular flexibility index (Phi) is 2.45. The van der Waals surface area contributed by atoms with Gasteiger partial charge in [-0.2, -0.15) is 0 Å². The van der Waals surface area contributed by atoms with Gasteiger partial charge in [0.15, 0.2) is 0 Å². The second-order valence-electron chi connectivity index (χ2n) is 5.38. The molecule has 0 aromatic rings. The molecule has 2 rings (SSSR count). The number of thiocarbonyl (C=S) groups is 1. The summed E-state index contributed by atoms with van der Waals surface area (Å²) in [5.41, 5.74) is 5.52. The van der Waals surface area contributed by atoms with Crippen LogP contribution in [0.25, 0.3) is 0 Å². The zero-order chi connectivity index (χ0) is 11.4. The van der Waals surface area contributed by atoms with Crippen LogP contribution in [0.15, 0.2) is 11.3 Å². The molecule has 84 valence electrons. The van der Waals surface area contributed by atoms with E-state index in [0.717, 1.165) is 5.70 Å². The van der Waals surface area contributed by atoms with Crippen LogP contribution in [0.5, 0.6) is 0 Å². The summed E-state index contributed by atoms with van der Waals surface area (Å²) in [4.78, 5) is 0. The van der Waals surface area contributed by atoms with E-state index in [4.69, 9.17) is 18.1 Å². The molecule has 0 aromatic heterocycles. The highest BCUT2D eigenvalue weighted by Gasteiger charge is 2.61. The largest absolute Gasteiger partial charge is 0.327 e. The third-order valence-electron chi connectivity index (χ3n) is 4.77. The lowest BCUT2D eigenvalue weighted by atomic mass is 9.69. The SMILES string of the molecule is CC12CCC(C(C(=S)S)=C1NN)C2(C)C. The molecule has 0 saturated heterocycles. The van der Waals surface area contributed by atoms with E-state index < -0.39 is 0 Å². The fourth-order valence-corrected chi connectivity index (χ4v) is 3.93. The molecule has 0 aliphatic heterocycles. The van der Waals surface area contributed by atoms with Gasteiger partial charge in [0.05, 0.1) is 4.20 Å². The molecule has 2 unspecified atom stereocenters. The first-order valence-electron chi connectivity index (χ1n) is 5.31. The summed E-state index contributed by atoms with van der Waals surface area (Å²) in [5, 5.41) is 0. The minimum atomic E-state index is 0.133. The number of rotatable bonds is 2. The first-order chi connectivity index (χ1) is 6.86. The van der Waals surface area contributed by atoms with Crippen LogP contribution in [0.4, 0.5) is 0 Å². The third-order valence-corrected chi connectivity index (χ3v) is 5.23. The average molecular weight is 242 g/mol. The van der Waals surface area contributed by atoms with Gasteiger partial charge in [-0.05, 0) is 24.2 Å². The smallest absolute Gasteiger partial charge is 0.0728 e. The second kappa shape index (κ2) is 3.22. The summed E-state index contributed by atoms with van der Waals surface area (Å²) in [5.74, 6) is 6.17. The van der Waals surface area contributed by atoms with E-state index >= 15 is 0 Å². The molecule has 2 bridgehead atoms. The Balaban J connectivity index is 2.59. The molecule has 2 aliphatic carbocycles. The van der Waals surface area contributed by atoms with E-state index in [1.165, 1.54) is 18.4 Å². The maximum absolute atomic E-state index is 5.65. The van der Waals surface area contributed by atoms with Crippen LogP contribution in [-0.4, -0.2) is 4.20 Å². The van der Waals surface area contributed by atoms with E-state index in [1.54, 1.807) is 0 Å². The number of nitrogens with one attached hydrogen (secondary N) is 1. The molecule has 3 N–H and O–H groups in total. The molecule has 0 heterocycles. The van der Waals surface area contributed by atoms with E-state index in [-0.39, 0.29) is 10.8 Å². The van der Waals surface area contributed by atoms with Crippen molar-refractivity contribution in [2.75, 3.05) is 0 Å². The number of thiol groups is 1. The zero-order valence-electron chi connectivity index (χ0n) is 9.42. The van der Waals surface area contributed by atoms with Crippen LogP contribution in [0.2, 0.25) is 0 Å².